The summed E-state index contributed by atoms with van der Waals surface area (Å²) < 4.78 is 7.14. The van der Waals surface area contributed by atoms with Crippen molar-refractivity contribution in [2.45, 2.75) is 0 Å². The van der Waals surface area contributed by atoms with Crippen LogP contribution in [0.2, 0.25) is 0 Å². The molecule has 274 valence electrons. The Morgan fingerprint density at radius 1 is 0.267 bits per heavy atom. The van der Waals surface area contributed by atoms with Gasteiger partial charge in [-0.25, -0.2) is 15.0 Å². The van der Waals surface area contributed by atoms with Gasteiger partial charge in [0.2, 0.25) is 0 Å². The zero-order chi connectivity index (χ0) is 42.1. The van der Waals surface area contributed by atoms with Gasteiger partial charge in [-0.3, -0.25) is 0 Å². The molecule has 7 aromatic carbocycles. The molecule has 0 saturated heterocycles. The second kappa shape index (κ2) is 15.3. The van der Waals surface area contributed by atoms with Crippen LogP contribution in [0.4, 0.5) is 0 Å². The minimum absolute atomic E-state index is 0.629. The third-order valence-corrected chi connectivity index (χ3v) is 13.6. The van der Waals surface area contributed by atoms with Crippen LogP contribution in [0.5, 0.6) is 0 Å². The Morgan fingerprint density at radius 2 is 0.567 bits per heavy atom. The van der Waals surface area contributed by atoms with Crippen molar-refractivity contribution >= 4 is 168 Å². The molecule has 9 rings (SSSR count). The van der Waals surface area contributed by atoms with E-state index in [-0.39, 0.29) is 0 Å². The van der Waals surface area contributed by atoms with Crippen LogP contribution in [0.25, 0.3) is 89.5 Å². The fraction of sp³-hybridized carbons (Fsp3) is 0. The minimum atomic E-state index is 0.629. The number of rotatable bonds is 6. The SMILES string of the molecule is Bc1c(B)c(B)c(-c2c(B)c(B)c3c(oc4c(B)c(-c5nc(-c6ccc(-c7ccccc7)cc6)nc(-c6ccc(-c7ccccc7)cc6)n5)c(B)c(B)c43)c2B)c(B)c1B. The van der Waals surface area contributed by atoms with Crippen LogP contribution >= 0.6 is 0 Å². The molecule has 0 bridgehead atoms. The van der Waals surface area contributed by atoms with Crippen LogP contribution in [0.3, 0.4) is 0 Å². The van der Waals surface area contributed by atoms with Gasteiger partial charge in [-0.1, -0.05) is 142 Å². The smallest absolute Gasteiger partial charge is 0.164 e. The molecule has 2 heterocycles. The first-order valence-corrected chi connectivity index (χ1v) is 21.0. The van der Waals surface area contributed by atoms with Crippen LogP contribution in [-0.4, -0.2) is 101 Å². The van der Waals surface area contributed by atoms with E-state index in [1.807, 2.05) is 12.1 Å². The van der Waals surface area contributed by atoms with Crippen molar-refractivity contribution in [2.24, 2.45) is 0 Å². The molecule has 0 atom stereocenters. The Hall–Kier alpha value is -5.94. The molecule has 0 aliphatic heterocycles. The van der Waals surface area contributed by atoms with Crippen molar-refractivity contribution in [1.29, 1.82) is 0 Å². The van der Waals surface area contributed by atoms with E-state index < -0.39 is 0 Å². The van der Waals surface area contributed by atoms with Gasteiger partial charge in [-0.15, -0.1) is 16.4 Å². The van der Waals surface area contributed by atoms with E-state index in [1.54, 1.807) is 0 Å². The highest BCUT2D eigenvalue weighted by Crippen LogP contribution is 2.31. The quantitative estimate of drug-likeness (QED) is 0.159. The third kappa shape index (κ3) is 6.36. The van der Waals surface area contributed by atoms with Crippen LogP contribution < -0.4 is 60.1 Å². The Morgan fingerprint density at radius 3 is 1.00 bits per heavy atom. The summed E-state index contributed by atoms with van der Waals surface area (Å²) in [5, 5.41) is 2.37. The van der Waals surface area contributed by atoms with E-state index in [9.17, 15) is 0 Å². The molecule has 0 N–H and O–H groups in total. The van der Waals surface area contributed by atoms with Gasteiger partial charge in [0.1, 0.15) is 97.5 Å². The molecule has 4 nitrogen and oxygen atoms in total. The molecule has 0 radical (unpaired) electrons. The lowest BCUT2D eigenvalue weighted by Crippen LogP contribution is -2.56. The standard InChI is InChI=1S/C45H40B11N3O/c46-30-26(25-31(47)38(54)40(56)39(55)32(25)48)36(52)41-27(33(30)49)28-34(50)35(51)29(37(53)42(28)60-41)45-58-43(23-15-11-21(12-16-23)19-7-3-1-4-8-19)57-44(59-45)24-17-13-22(14-18-24)20-9-5-2-6-10-20/h1-18H,46-56H2. The lowest BCUT2D eigenvalue weighted by Gasteiger charge is -2.24. The summed E-state index contributed by atoms with van der Waals surface area (Å²) in [5.41, 5.74) is 25.8. The average Bonchev–Trinajstić information content (AvgIpc) is 3.70. The molecule has 15 heteroatoms. The summed E-state index contributed by atoms with van der Waals surface area (Å²) in [5.74, 6) is 1.89. The third-order valence-electron chi connectivity index (χ3n) is 13.6. The molecule has 0 unspecified atom stereocenters. The summed E-state index contributed by atoms with van der Waals surface area (Å²) in [6, 6.07) is 37.9. The maximum atomic E-state index is 7.14. The predicted molar refractivity (Wildman–Crippen MR) is 290 cm³/mol. The number of aromatic nitrogens is 3. The molecule has 2 aromatic heterocycles. The predicted octanol–water partition coefficient (Wildman–Crippen LogP) is -7.38. The summed E-state index contributed by atoms with van der Waals surface area (Å²) in [7, 11) is 24.7. The molecule has 0 saturated carbocycles. The van der Waals surface area contributed by atoms with Gasteiger partial charge in [0, 0.05) is 27.5 Å². The Balaban J connectivity index is 1.26. The summed E-state index contributed by atoms with van der Waals surface area (Å²) in [6.45, 7) is 0. The second-order valence-electron chi connectivity index (χ2n) is 16.7. The second-order valence-corrected chi connectivity index (χ2v) is 16.7. The zero-order valence-electron chi connectivity index (χ0n) is 36.6. The van der Waals surface area contributed by atoms with Gasteiger partial charge in [0.15, 0.2) is 17.5 Å². The number of furan rings is 1. The molecule has 0 amide bonds. The number of fused-ring (bicyclic) bond motifs is 3. The maximum absolute atomic E-state index is 7.14. The fourth-order valence-corrected chi connectivity index (χ4v) is 9.43. The number of benzene rings is 7. The Labute approximate surface area is 362 Å². The normalized spacial score (nSPS) is 11.4. The van der Waals surface area contributed by atoms with Crippen molar-refractivity contribution in [2.75, 3.05) is 0 Å². The van der Waals surface area contributed by atoms with Crippen molar-refractivity contribution in [3.8, 4) is 67.5 Å². The lowest BCUT2D eigenvalue weighted by atomic mass is 9.57. The molecule has 0 aliphatic carbocycles. The average molecular weight is 758 g/mol. The van der Waals surface area contributed by atoms with E-state index in [2.05, 4.69) is 183 Å². The minimum Gasteiger partial charge on any atom is -0.457 e. The molecule has 0 spiro atoms. The first-order valence-electron chi connectivity index (χ1n) is 21.0. The monoisotopic (exact) mass is 759 g/mol. The molecular formula is C45H40B11N3O. The first-order chi connectivity index (χ1) is 28.8. The van der Waals surface area contributed by atoms with E-state index in [0.29, 0.717) is 17.5 Å². The topological polar surface area (TPSA) is 51.8 Å². The molecule has 60 heavy (non-hydrogen) atoms. The Kier molecular flexibility index (Phi) is 10.1. The van der Waals surface area contributed by atoms with E-state index >= 15 is 0 Å². The van der Waals surface area contributed by atoms with Crippen molar-refractivity contribution in [3.05, 3.63) is 109 Å². The van der Waals surface area contributed by atoms with Gasteiger partial charge in [0.05, 0.1) is 0 Å². The molecular weight excluding hydrogens is 717 g/mol. The highest BCUT2D eigenvalue weighted by molar-refractivity contribution is 6.71. The van der Waals surface area contributed by atoms with Crippen molar-refractivity contribution < 1.29 is 4.42 Å². The maximum Gasteiger partial charge on any atom is 0.164 e. The fourth-order valence-electron chi connectivity index (χ4n) is 9.43. The summed E-state index contributed by atoms with van der Waals surface area (Å²) in [4.78, 5) is 15.7. The van der Waals surface area contributed by atoms with Crippen LogP contribution in [0.1, 0.15) is 0 Å². The van der Waals surface area contributed by atoms with E-state index in [0.717, 1.165) is 49.9 Å². The van der Waals surface area contributed by atoms with E-state index in [4.69, 9.17) is 19.4 Å². The van der Waals surface area contributed by atoms with Crippen LogP contribution in [0.15, 0.2) is 114 Å². The van der Waals surface area contributed by atoms with Gasteiger partial charge in [-0.05, 0) is 44.3 Å². The number of nitrogens with zero attached hydrogens (tertiary/aromatic N) is 3. The van der Waals surface area contributed by atoms with Crippen molar-refractivity contribution in [1.82, 2.24) is 15.0 Å². The van der Waals surface area contributed by atoms with Crippen LogP contribution in [0, 0.1) is 0 Å². The lowest BCUT2D eigenvalue weighted by molar-refractivity contribution is 0.674. The molecule has 0 fully saturated rings. The highest BCUT2D eigenvalue weighted by Gasteiger charge is 2.26. The first kappa shape index (κ1) is 39.5. The van der Waals surface area contributed by atoms with Crippen molar-refractivity contribution in [3.63, 3.8) is 0 Å². The Bertz CT molecular complexity index is 3060. The van der Waals surface area contributed by atoms with Gasteiger partial charge in [-0.2, -0.15) is 0 Å². The number of hydrogen-bond acceptors (Lipinski definition) is 4. The largest absolute Gasteiger partial charge is 0.457 e. The zero-order valence-corrected chi connectivity index (χ0v) is 36.6. The van der Waals surface area contributed by atoms with Gasteiger partial charge in [0.25, 0.3) is 0 Å². The van der Waals surface area contributed by atoms with E-state index in [1.165, 1.54) is 82.2 Å². The van der Waals surface area contributed by atoms with Crippen LogP contribution in [-0.2, 0) is 0 Å². The highest BCUT2D eigenvalue weighted by atomic mass is 16.3. The molecule has 9 aromatic rings. The van der Waals surface area contributed by atoms with Gasteiger partial charge < -0.3 is 4.42 Å². The number of hydrogen-bond donors (Lipinski definition) is 0. The summed E-state index contributed by atoms with van der Waals surface area (Å²) in [6.07, 6.45) is 0. The van der Waals surface area contributed by atoms with Gasteiger partial charge >= 0.3 is 0 Å². The molecule has 0 aliphatic rings. The summed E-state index contributed by atoms with van der Waals surface area (Å²) >= 11 is 0.